The number of likely N-dealkylation sites (N-methyl/N-ethyl adjacent to an activating group) is 1. The van der Waals surface area contributed by atoms with Gasteiger partial charge in [0.2, 0.25) is 0 Å². The number of aromatic nitrogens is 4. The number of rotatable bonds is 4. The van der Waals surface area contributed by atoms with Crippen LogP contribution in [0.15, 0.2) is 60.9 Å². The van der Waals surface area contributed by atoms with E-state index in [0.717, 1.165) is 70.9 Å². The molecule has 2 aromatic carbocycles. The second kappa shape index (κ2) is 9.75. The van der Waals surface area contributed by atoms with Crippen LogP contribution >= 0.6 is 0 Å². The van der Waals surface area contributed by atoms with Gasteiger partial charge in [-0.15, -0.1) is 6.42 Å². The van der Waals surface area contributed by atoms with Gasteiger partial charge in [-0.25, -0.2) is 9.97 Å². The zero-order valence-corrected chi connectivity index (χ0v) is 22.3. The number of pyridine rings is 2. The van der Waals surface area contributed by atoms with Crippen molar-refractivity contribution in [2.24, 2.45) is 0 Å². The summed E-state index contributed by atoms with van der Waals surface area (Å²) in [6.07, 6.45) is 9.51. The maximum atomic E-state index is 10.1. The number of piperazine rings is 1. The number of nitrogens with zero attached hydrogens (tertiary/aromatic N) is 8. The third-order valence-corrected chi connectivity index (χ3v) is 7.34. The molecule has 3 aromatic heterocycles. The molecule has 0 saturated carbocycles. The van der Waals surface area contributed by atoms with Crippen molar-refractivity contribution in [3.8, 4) is 35.2 Å². The molecule has 0 spiro atoms. The van der Waals surface area contributed by atoms with Crippen LogP contribution in [0.4, 0.5) is 11.5 Å². The number of imidazole rings is 1. The number of hydrogen-bond donors (Lipinski definition) is 0. The summed E-state index contributed by atoms with van der Waals surface area (Å²) in [5.41, 5.74) is 6.80. The van der Waals surface area contributed by atoms with Crippen LogP contribution in [-0.2, 0) is 0 Å². The fourth-order valence-electron chi connectivity index (χ4n) is 5.33. The Morgan fingerprint density at radius 2 is 1.79 bits per heavy atom. The lowest BCUT2D eigenvalue weighted by molar-refractivity contribution is 0.313. The maximum Gasteiger partial charge on any atom is 0.190 e. The summed E-state index contributed by atoms with van der Waals surface area (Å²) < 4.78 is 1.97. The number of terminal acetylenes is 1. The Hall–Kier alpha value is -4.92. The largest absolute Gasteiger partial charge is 0.368 e. The first-order valence-corrected chi connectivity index (χ1v) is 12.9. The highest BCUT2D eigenvalue weighted by Gasteiger charge is 2.20. The molecule has 0 N–H and O–H groups in total. The van der Waals surface area contributed by atoms with Gasteiger partial charge in [-0.3, -0.25) is 9.55 Å². The molecule has 0 amide bonds. The van der Waals surface area contributed by atoms with Crippen LogP contribution in [0.1, 0.15) is 11.4 Å². The monoisotopic (exact) mass is 512 g/mol. The van der Waals surface area contributed by atoms with Gasteiger partial charge in [0.1, 0.15) is 17.4 Å². The van der Waals surface area contributed by atoms with Gasteiger partial charge in [0.15, 0.2) is 5.82 Å². The molecule has 8 nitrogen and oxygen atoms in total. The minimum atomic E-state index is 0.469. The minimum Gasteiger partial charge on any atom is -0.368 e. The van der Waals surface area contributed by atoms with Crippen molar-refractivity contribution in [1.29, 1.82) is 5.26 Å². The number of benzene rings is 2. The average Bonchev–Trinajstić information content (AvgIpc) is 3.36. The van der Waals surface area contributed by atoms with E-state index in [0.29, 0.717) is 16.9 Å². The predicted octanol–water partition coefficient (Wildman–Crippen LogP) is 4.31. The van der Waals surface area contributed by atoms with Gasteiger partial charge in [-0.05, 0) is 61.0 Å². The SMILES string of the molecule is C#Cc1nc2cnc3ccc(-c4cccnc4N(C)C)cc3c2n1-c1ccc(N2CCN(C)CC2)c(C#N)c1. The fraction of sp³-hybridized carbons (Fsp3) is 0.226. The van der Waals surface area contributed by atoms with Crippen LogP contribution in [0.3, 0.4) is 0 Å². The Kier molecular flexibility index (Phi) is 6.11. The summed E-state index contributed by atoms with van der Waals surface area (Å²) >= 11 is 0. The van der Waals surface area contributed by atoms with Crippen molar-refractivity contribution in [3.05, 3.63) is 72.3 Å². The van der Waals surface area contributed by atoms with E-state index in [1.807, 2.05) is 53.9 Å². The van der Waals surface area contributed by atoms with Crippen molar-refractivity contribution in [2.75, 3.05) is 57.1 Å². The Morgan fingerprint density at radius 1 is 0.974 bits per heavy atom. The molecule has 1 fully saturated rings. The Bertz CT molecular complexity index is 1800. The second-order valence-electron chi connectivity index (χ2n) is 10.0. The standard InChI is InChI=1S/C31H28N8/c1-5-29-35-27-20-34-26-10-8-21(24-7-6-12-33-31(24)36(2)3)18-25(26)30(27)39(29)23-9-11-28(22(17-23)19-32)38-15-13-37(4)14-16-38/h1,6-12,17-18,20H,13-16H2,2-4H3. The Morgan fingerprint density at radius 3 is 2.54 bits per heavy atom. The van der Waals surface area contributed by atoms with Gasteiger partial charge in [0.25, 0.3) is 0 Å². The summed E-state index contributed by atoms with van der Waals surface area (Å²) in [5, 5.41) is 11.0. The molecule has 6 rings (SSSR count). The minimum absolute atomic E-state index is 0.469. The molecular formula is C31H28N8. The van der Waals surface area contributed by atoms with Gasteiger partial charge < -0.3 is 14.7 Å². The molecule has 1 saturated heterocycles. The van der Waals surface area contributed by atoms with Gasteiger partial charge in [-0.1, -0.05) is 6.07 Å². The normalized spacial score (nSPS) is 13.9. The van der Waals surface area contributed by atoms with E-state index in [4.69, 9.17) is 11.4 Å². The summed E-state index contributed by atoms with van der Waals surface area (Å²) in [4.78, 5) is 20.6. The zero-order chi connectivity index (χ0) is 27.1. The van der Waals surface area contributed by atoms with Crippen LogP contribution in [0, 0.1) is 23.7 Å². The molecule has 4 heterocycles. The molecule has 39 heavy (non-hydrogen) atoms. The molecule has 1 aliphatic heterocycles. The number of anilines is 2. The van der Waals surface area contributed by atoms with Crippen LogP contribution in [0.5, 0.6) is 0 Å². The summed E-state index contributed by atoms with van der Waals surface area (Å²) in [5.74, 6) is 4.10. The number of nitriles is 1. The fourth-order valence-corrected chi connectivity index (χ4v) is 5.33. The third-order valence-electron chi connectivity index (χ3n) is 7.34. The van der Waals surface area contributed by atoms with Crippen molar-refractivity contribution < 1.29 is 0 Å². The Balaban J connectivity index is 1.55. The molecule has 192 valence electrons. The highest BCUT2D eigenvalue weighted by atomic mass is 15.2. The first-order chi connectivity index (χ1) is 19.0. The van der Waals surface area contributed by atoms with Gasteiger partial charge in [0, 0.05) is 63.1 Å². The van der Waals surface area contributed by atoms with Crippen LogP contribution in [0.2, 0.25) is 0 Å². The van der Waals surface area contributed by atoms with E-state index >= 15 is 0 Å². The summed E-state index contributed by atoms with van der Waals surface area (Å²) in [6, 6.07) is 18.6. The molecule has 0 unspecified atom stereocenters. The van der Waals surface area contributed by atoms with Gasteiger partial charge >= 0.3 is 0 Å². The molecule has 0 radical (unpaired) electrons. The van der Waals surface area contributed by atoms with Gasteiger partial charge in [-0.2, -0.15) is 5.26 Å². The predicted molar refractivity (Wildman–Crippen MR) is 156 cm³/mol. The van der Waals surface area contributed by atoms with E-state index < -0.39 is 0 Å². The molecule has 5 aromatic rings. The number of fused-ring (bicyclic) bond motifs is 3. The molecule has 0 bridgehead atoms. The molecule has 1 aliphatic rings. The highest BCUT2D eigenvalue weighted by molar-refractivity contribution is 6.05. The zero-order valence-electron chi connectivity index (χ0n) is 22.3. The number of hydrogen-bond acceptors (Lipinski definition) is 7. The highest BCUT2D eigenvalue weighted by Crippen LogP contribution is 2.34. The molecule has 0 atom stereocenters. The lowest BCUT2D eigenvalue weighted by Crippen LogP contribution is -2.44. The lowest BCUT2D eigenvalue weighted by atomic mass is 10.0. The van der Waals surface area contributed by atoms with E-state index in [1.54, 1.807) is 12.4 Å². The van der Waals surface area contributed by atoms with Gasteiger partial charge in [0.05, 0.1) is 28.5 Å². The first-order valence-electron chi connectivity index (χ1n) is 12.9. The van der Waals surface area contributed by atoms with E-state index in [9.17, 15) is 5.26 Å². The van der Waals surface area contributed by atoms with E-state index in [1.165, 1.54) is 0 Å². The smallest absolute Gasteiger partial charge is 0.190 e. The second-order valence-corrected chi connectivity index (χ2v) is 10.0. The van der Waals surface area contributed by atoms with Crippen molar-refractivity contribution in [2.45, 2.75) is 0 Å². The Labute approximate surface area is 227 Å². The van der Waals surface area contributed by atoms with E-state index in [2.05, 4.69) is 57.0 Å². The molecule has 0 aliphatic carbocycles. The van der Waals surface area contributed by atoms with Crippen LogP contribution in [-0.4, -0.2) is 71.7 Å². The lowest BCUT2D eigenvalue weighted by Gasteiger charge is -2.34. The summed E-state index contributed by atoms with van der Waals surface area (Å²) in [7, 11) is 6.09. The van der Waals surface area contributed by atoms with Crippen molar-refractivity contribution in [3.63, 3.8) is 0 Å². The summed E-state index contributed by atoms with van der Waals surface area (Å²) in [6.45, 7) is 3.70. The molecule has 8 heteroatoms. The van der Waals surface area contributed by atoms with Crippen LogP contribution in [0.25, 0.3) is 38.8 Å². The van der Waals surface area contributed by atoms with Crippen molar-refractivity contribution >= 4 is 33.4 Å². The maximum absolute atomic E-state index is 10.1. The average molecular weight is 513 g/mol. The topological polar surface area (TPSA) is 77.1 Å². The first kappa shape index (κ1) is 24.4. The van der Waals surface area contributed by atoms with Crippen LogP contribution < -0.4 is 9.80 Å². The molecular weight excluding hydrogens is 484 g/mol. The quantitative estimate of drug-likeness (QED) is 0.332. The van der Waals surface area contributed by atoms with Crippen molar-refractivity contribution in [1.82, 2.24) is 24.4 Å². The third kappa shape index (κ3) is 4.21. The van der Waals surface area contributed by atoms with E-state index in [-0.39, 0.29) is 0 Å².